The summed E-state index contributed by atoms with van der Waals surface area (Å²) in [4.78, 5) is 13.4. The van der Waals surface area contributed by atoms with Gasteiger partial charge in [0.25, 0.3) is 10.0 Å². The summed E-state index contributed by atoms with van der Waals surface area (Å²) in [6, 6.07) is 24.9. The molecule has 4 aromatic carbocycles. The lowest BCUT2D eigenvalue weighted by Gasteiger charge is -2.24. The summed E-state index contributed by atoms with van der Waals surface area (Å²) in [6.07, 6.45) is 0. The number of methoxy groups -OCH3 is 1. The number of aromatic nitrogens is 1. The molecular formula is C30H28ClN3O4S. The fraction of sp³-hybridized carbons (Fsp3) is 0.167. The average Bonchev–Trinajstić information content (AvgIpc) is 3.25. The number of rotatable bonds is 8. The van der Waals surface area contributed by atoms with Crippen LogP contribution in [0.3, 0.4) is 0 Å². The monoisotopic (exact) mass is 561 g/mol. The number of carbonyl (C=O) groups excluding carboxylic acids is 1. The molecule has 0 fully saturated rings. The topological polar surface area (TPSA) is 80.6 Å². The molecule has 0 aliphatic carbocycles. The second kappa shape index (κ2) is 10.6. The molecule has 0 atom stereocenters. The summed E-state index contributed by atoms with van der Waals surface area (Å²) in [5.41, 5.74) is 3.92. The van der Waals surface area contributed by atoms with Gasteiger partial charge in [0.2, 0.25) is 5.91 Å². The first kappa shape index (κ1) is 26.6. The fourth-order valence-electron chi connectivity index (χ4n) is 4.77. The van der Waals surface area contributed by atoms with Gasteiger partial charge in [-0.25, -0.2) is 8.42 Å². The van der Waals surface area contributed by atoms with Gasteiger partial charge in [-0.3, -0.25) is 9.10 Å². The third kappa shape index (κ3) is 5.05. The quantitative estimate of drug-likeness (QED) is 0.231. The molecule has 0 radical (unpaired) electrons. The Kier molecular flexibility index (Phi) is 7.25. The van der Waals surface area contributed by atoms with E-state index in [4.69, 9.17) is 16.3 Å². The van der Waals surface area contributed by atoms with Crippen LogP contribution in [0.4, 0.5) is 11.4 Å². The number of aryl methyl sites for hydroxylation is 2. The Labute approximate surface area is 232 Å². The lowest BCUT2D eigenvalue weighted by Crippen LogP contribution is -2.38. The zero-order valence-corrected chi connectivity index (χ0v) is 23.4. The number of benzene rings is 4. The van der Waals surface area contributed by atoms with E-state index in [1.54, 1.807) is 24.3 Å². The van der Waals surface area contributed by atoms with Crippen LogP contribution >= 0.6 is 11.6 Å². The van der Waals surface area contributed by atoms with E-state index in [9.17, 15) is 13.2 Å². The van der Waals surface area contributed by atoms with Crippen molar-refractivity contribution in [3.05, 3.63) is 95.5 Å². The number of nitrogens with one attached hydrogen (secondary N) is 1. The van der Waals surface area contributed by atoms with E-state index in [1.165, 1.54) is 25.3 Å². The molecule has 39 heavy (non-hydrogen) atoms. The molecule has 0 aliphatic heterocycles. The van der Waals surface area contributed by atoms with Crippen LogP contribution in [0.25, 0.3) is 21.8 Å². The van der Waals surface area contributed by atoms with E-state index >= 15 is 0 Å². The van der Waals surface area contributed by atoms with Gasteiger partial charge in [-0.15, -0.1) is 0 Å². The van der Waals surface area contributed by atoms with Gasteiger partial charge in [0.1, 0.15) is 12.3 Å². The Morgan fingerprint density at radius 3 is 2.36 bits per heavy atom. The maximum Gasteiger partial charge on any atom is 0.264 e. The summed E-state index contributed by atoms with van der Waals surface area (Å²) in [5, 5.41) is 5.21. The summed E-state index contributed by atoms with van der Waals surface area (Å²) in [6.45, 7) is 4.33. The third-order valence-corrected chi connectivity index (χ3v) is 8.78. The van der Waals surface area contributed by atoms with E-state index in [1.807, 2.05) is 37.3 Å². The van der Waals surface area contributed by atoms with Gasteiger partial charge in [-0.05, 0) is 68.4 Å². The molecule has 5 rings (SSSR count). The van der Waals surface area contributed by atoms with Crippen LogP contribution < -0.4 is 14.4 Å². The number of anilines is 2. The van der Waals surface area contributed by atoms with Crippen molar-refractivity contribution in [3.8, 4) is 5.75 Å². The number of carbonyl (C=O) groups is 1. The van der Waals surface area contributed by atoms with E-state index in [-0.39, 0.29) is 15.6 Å². The molecule has 1 N–H and O–H groups in total. The minimum Gasteiger partial charge on any atom is -0.495 e. The predicted octanol–water partition coefficient (Wildman–Crippen LogP) is 6.62. The molecule has 0 unspecified atom stereocenters. The second-order valence-electron chi connectivity index (χ2n) is 9.19. The normalized spacial score (nSPS) is 11.6. The highest BCUT2D eigenvalue weighted by Crippen LogP contribution is 2.33. The molecule has 0 saturated carbocycles. The molecule has 200 valence electrons. The average molecular weight is 562 g/mol. The van der Waals surface area contributed by atoms with E-state index in [0.29, 0.717) is 11.4 Å². The molecule has 1 aromatic heterocycles. The predicted molar refractivity (Wildman–Crippen MR) is 157 cm³/mol. The smallest absolute Gasteiger partial charge is 0.264 e. The number of para-hydroxylation sites is 1. The van der Waals surface area contributed by atoms with Gasteiger partial charge in [0.05, 0.1) is 22.7 Å². The zero-order valence-electron chi connectivity index (χ0n) is 21.8. The van der Waals surface area contributed by atoms with E-state index in [0.717, 1.165) is 38.2 Å². The molecule has 7 nitrogen and oxygen atoms in total. The van der Waals surface area contributed by atoms with Gasteiger partial charge in [0, 0.05) is 34.0 Å². The first-order valence-electron chi connectivity index (χ1n) is 12.5. The number of amides is 1. The van der Waals surface area contributed by atoms with Crippen molar-refractivity contribution < 1.29 is 17.9 Å². The number of sulfonamides is 1. The summed E-state index contributed by atoms with van der Waals surface area (Å²) in [7, 11) is -2.61. The van der Waals surface area contributed by atoms with Crippen LogP contribution in [0, 0.1) is 6.92 Å². The molecule has 5 aromatic rings. The SMILES string of the molecule is CCn1c2ccccc2c2cc(NC(=O)CN(c3ccc(OC)c(Cl)c3)S(=O)(=O)c3ccc(C)cc3)ccc21. The highest BCUT2D eigenvalue weighted by atomic mass is 35.5. The van der Waals surface area contributed by atoms with Crippen molar-refractivity contribution >= 4 is 60.7 Å². The molecule has 1 amide bonds. The van der Waals surface area contributed by atoms with Crippen LogP contribution in [-0.4, -0.2) is 32.5 Å². The number of ether oxygens (including phenoxy) is 1. The summed E-state index contributed by atoms with van der Waals surface area (Å²) < 4.78 is 35.9. The largest absolute Gasteiger partial charge is 0.495 e. The van der Waals surface area contributed by atoms with Crippen molar-refractivity contribution in [2.24, 2.45) is 0 Å². The van der Waals surface area contributed by atoms with Crippen LogP contribution in [0.2, 0.25) is 5.02 Å². The molecule has 0 spiro atoms. The van der Waals surface area contributed by atoms with Crippen molar-refractivity contribution in [1.29, 1.82) is 0 Å². The minimum absolute atomic E-state index is 0.0710. The summed E-state index contributed by atoms with van der Waals surface area (Å²) >= 11 is 6.32. The van der Waals surface area contributed by atoms with Gasteiger partial charge >= 0.3 is 0 Å². The number of halogens is 1. The van der Waals surface area contributed by atoms with Gasteiger partial charge < -0.3 is 14.6 Å². The standard InChI is InChI=1S/C30H28ClN3O4S/c1-4-33-27-8-6-5-7-24(27)25-17-21(11-15-28(25)33)32-30(35)19-34(22-12-16-29(38-3)26(31)18-22)39(36,37)23-13-9-20(2)10-14-23/h5-18H,4,19H2,1-3H3,(H,32,35). The van der Waals surface area contributed by atoms with Crippen molar-refractivity contribution in [2.75, 3.05) is 23.3 Å². The Balaban J connectivity index is 1.49. The number of hydrogen-bond acceptors (Lipinski definition) is 4. The van der Waals surface area contributed by atoms with Crippen molar-refractivity contribution in [3.63, 3.8) is 0 Å². The van der Waals surface area contributed by atoms with Gasteiger partial charge in [-0.2, -0.15) is 0 Å². The van der Waals surface area contributed by atoms with Crippen LogP contribution in [0.5, 0.6) is 5.75 Å². The molecule has 1 heterocycles. The first-order valence-corrected chi connectivity index (χ1v) is 14.3. The lowest BCUT2D eigenvalue weighted by molar-refractivity contribution is -0.114. The minimum atomic E-state index is -4.09. The van der Waals surface area contributed by atoms with E-state index in [2.05, 4.69) is 28.9 Å². The Morgan fingerprint density at radius 2 is 1.67 bits per heavy atom. The highest BCUT2D eigenvalue weighted by Gasteiger charge is 2.28. The summed E-state index contributed by atoms with van der Waals surface area (Å²) in [5.74, 6) is -0.0895. The van der Waals surface area contributed by atoms with Gasteiger partial charge in [-0.1, -0.05) is 47.5 Å². The molecule has 0 saturated heterocycles. The van der Waals surface area contributed by atoms with E-state index < -0.39 is 22.5 Å². The third-order valence-electron chi connectivity index (χ3n) is 6.69. The molecular weight excluding hydrogens is 534 g/mol. The first-order chi connectivity index (χ1) is 18.7. The van der Waals surface area contributed by atoms with Gasteiger partial charge in [0.15, 0.2) is 0 Å². The molecule has 0 aliphatic rings. The van der Waals surface area contributed by atoms with Crippen molar-refractivity contribution in [1.82, 2.24) is 4.57 Å². The zero-order chi connectivity index (χ0) is 27.7. The van der Waals surface area contributed by atoms with Crippen molar-refractivity contribution in [2.45, 2.75) is 25.3 Å². The maximum atomic E-state index is 13.7. The van der Waals surface area contributed by atoms with Crippen LogP contribution in [-0.2, 0) is 21.4 Å². The number of nitrogens with zero attached hydrogens (tertiary/aromatic N) is 2. The van der Waals surface area contributed by atoms with Crippen LogP contribution in [0.15, 0.2) is 89.8 Å². The fourth-order valence-corrected chi connectivity index (χ4v) is 6.43. The Hall–Kier alpha value is -4.01. The molecule has 0 bridgehead atoms. The molecule has 9 heteroatoms. The highest BCUT2D eigenvalue weighted by molar-refractivity contribution is 7.92. The number of hydrogen-bond donors (Lipinski definition) is 1. The maximum absolute atomic E-state index is 13.7. The number of fused-ring (bicyclic) bond motifs is 3. The lowest BCUT2D eigenvalue weighted by atomic mass is 10.1. The Morgan fingerprint density at radius 1 is 0.949 bits per heavy atom. The van der Waals surface area contributed by atoms with Crippen LogP contribution in [0.1, 0.15) is 12.5 Å². The second-order valence-corrected chi connectivity index (χ2v) is 11.5. The Bertz CT molecular complexity index is 1800.